The lowest BCUT2D eigenvalue weighted by molar-refractivity contribution is 0.234. The van der Waals surface area contributed by atoms with E-state index in [4.69, 9.17) is 4.74 Å². The van der Waals surface area contributed by atoms with Crippen LogP contribution in [0.15, 0.2) is 18.2 Å². The number of hydrogen-bond donors (Lipinski definition) is 2. The van der Waals surface area contributed by atoms with Crippen molar-refractivity contribution in [1.82, 2.24) is 10.6 Å². The summed E-state index contributed by atoms with van der Waals surface area (Å²) in [5, 5.41) is 5.28. The van der Waals surface area contributed by atoms with Crippen LogP contribution in [0.5, 0.6) is 5.75 Å². The number of carbonyl (C=O) groups excluding carboxylic acids is 1. The van der Waals surface area contributed by atoms with Crippen LogP contribution in [0.3, 0.4) is 0 Å². The van der Waals surface area contributed by atoms with E-state index in [2.05, 4.69) is 10.6 Å². The number of hydrogen-bond acceptors (Lipinski definition) is 4. The van der Waals surface area contributed by atoms with E-state index in [1.165, 1.54) is 25.3 Å². The fraction of sp³-hybridized carbons (Fsp3) is 0.500. The van der Waals surface area contributed by atoms with Gasteiger partial charge in [-0.05, 0) is 31.5 Å². The van der Waals surface area contributed by atoms with Gasteiger partial charge in [0.05, 0.1) is 24.7 Å². The van der Waals surface area contributed by atoms with E-state index in [1.54, 1.807) is 6.92 Å². The molecule has 1 saturated heterocycles. The topological polar surface area (TPSA) is 84.5 Å². The molecule has 1 aliphatic rings. The number of ether oxygens (including phenoxy) is 1. The summed E-state index contributed by atoms with van der Waals surface area (Å²) < 4.78 is 41.2. The Bertz CT molecular complexity index is 663. The van der Waals surface area contributed by atoms with E-state index in [0.717, 1.165) is 0 Å². The fourth-order valence-electron chi connectivity index (χ4n) is 2.45. The first kappa shape index (κ1) is 16.5. The van der Waals surface area contributed by atoms with Crippen LogP contribution < -0.4 is 15.4 Å². The highest BCUT2D eigenvalue weighted by Gasteiger charge is 2.29. The van der Waals surface area contributed by atoms with E-state index in [9.17, 15) is 17.6 Å². The molecular formula is C14H19FN2O4S. The Balaban J connectivity index is 1.98. The summed E-state index contributed by atoms with van der Waals surface area (Å²) in [7, 11) is -1.58. The molecule has 0 radical (unpaired) electrons. The van der Waals surface area contributed by atoms with Gasteiger partial charge in [-0.15, -0.1) is 0 Å². The number of halogens is 1. The third-order valence-corrected chi connectivity index (χ3v) is 5.34. The lowest BCUT2D eigenvalue weighted by atomic mass is 10.1. The number of urea groups is 1. The standard InChI is InChI=1S/C14H19FN2O4S/c1-9(12-7-10(15)3-4-13(12)21-2)16-14(18)17-11-5-6-22(19,20)8-11/h3-4,7,9,11H,5-6,8H2,1-2H3,(H2,16,17,18). The molecule has 2 N–H and O–H groups in total. The van der Waals surface area contributed by atoms with Gasteiger partial charge in [0, 0.05) is 11.6 Å². The van der Waals surface area contributed by atoms with Crippen LogP contribution in [0.25, 0.3) is 0 Å². The number of sulfone groups is 1. The smallest absolute Gasteiger partial charge is 0.315 e. The summed E-state index contributed by atoms with van der Waals surface area (Å²) in [6, 6.07) is 2.71. The zero-order chi connectivity index (χ0) is 16.3. The van der Waals surface area contributed by atoms with Crippen molar-refractivity contribution in [3.63, 3.8) is 0 Å². The van der Waals surface area contributed by atoms with Gasteiger partial charge in [0.2, 0.25) is 0 Å². The van der Waals surface area contributed by atoms with Crippen molar-refractivity contribution in [2.45, 2.75) is 25.4 Å². The molecule has 0 spiro atoms. The van der Waals surface area contributed by atoms with Crippen LogP contribution in [-0.4, -0.2) is 39.1 Å². The van der Waals surface area contributed by atoms with Crippen molar-refractivity contribution in [2.75, 3.05) is 18.6 Å². The molecule has 0 bridgehead atoms. The molecule has 0 saturated carbocycles. The average molecular weight is 330 g/mol. The third kappa shape index (κ3) is 4.09. The molecule has 0 aromatic heterocycles. The predicted octanol–water partition coefficient (Wildman–Crippen LogP) is 1.38. The monoisotopic (exact) mass is 330 g/mol. The second-order valence-electron chi connectivity index (χ2n) is 5.33. The molecule has 1 heterocycles. The SMILES string of the molecule is COc1ccc(F)cc1C(C)NC(=O)NC1CCS(=O)(=O)C1. The third-order valence-electron chi connectivity index (χ3n) is 3.57. The average Bonchev–Trinajstić information content (AvgIpc) is 2.77. The first-order valence-corrected chi connectivity index (χ1v) is 8.74. The van der Waals surface area contributed by atoms with Gasteiger partial charge < -0.3 is 15.4 Å². The first-order chi connectivity index (χ1) is 10.3. The molecular weight excluding hydrogens is 311 g/mol. The highest BCUT2D eigenvalue weighted by molar-refractivity contribution is 7.91. The van der Waals surface area contributed by atoms with Crippen molar-refractivity contribution in [3.05, 3.63) is 29.6 Å². The summed E-state index contributed by atoms with van der Waals surface area (Å²) in [6.07, 6.45) is 0.410. The van der Waals surface area contributed by atoms with E-state index >= 15 is 0 Å². The predicted molar refractivity (Wildman–Crippen MR) is 80.1 cm³/mol. The van der Waals surface area contributed by atoms with Crippen molar-refractivity contribution >= 4 is 15.9 Å². The second kappa shape index (κ2) is 6.51. The molecule has 0 aliphatic carbocycles. The number of nitrogens with one attached hydrogen (secondary N) is 2. The molecule has 2 amide bonds. The fourth-order valence-corrected chi connectivity index (χ4v) is 4.13. The molecule has 2 atom stereocenters. The largest absolute Gasteiger partial charge is 0.496 e. The Morgan fingerprint density at radius 1 is 1.45 bits per heavy atom. The van der Waals surface area contributed by atoms with Crippen molar-refractivity contribution in [2.24, 2.45) is 0 Å². The zero-order valence-electron chi connectivity index (χ0n) is 12.4. The van der Waals surface area contributed by atoms with Crippen molar-refractivity contribution in [1.29, 1.82) is 0 Å². The zero-order valence-corrected chi connectivity index (χ0v) is 13.2. The second-order valence-corrected chi connectivity index (χ2v) is 7.55. The minimum atomic E-state index is -3.05. The van der Waals surface area contributed by atoms with Gasteiger partial charge in [-0.2, -0.15) is 0 Å². The lowest BCUT2D eigenvalue weighted by Gasteiger charge is -2.19. The summed E-state index contributed by atoms with van der Waals surface area (Å²) in [5.41, 5.74) is 0.511. The minimum absolute atomic E-state index is 0.0436. The molecule has 1 aromatic carbocycles. The van der Waals surface area contributed by atoms with Gasteiger partial charge in [-0.1, -0.05) is 0 Å². The number of benzene rings is 1. The number of carbonyl (C=O) groups is 1. The maximum absolute atomic E-state index is 13.3. The van der Waals surface area contributed by atoms with Gasteiger partial charge in [0.15, 0.2) is 9.84 Å². The Hall–Kier alpha value is -1.83. The molecule has 1 fully saturated rings. The van der Waals surface area contributed by atoms with Crippen LogP contribution in [0.4, 0.5) is 9.18 Å². The maximum atomic E-state index is 13.3. The van der Waals surface area contributed by atoms with Gasteiger partial charge >= 0.3 is 6.03 Å². The highest BCUT2D eigenvalue weighted by atomic mass is 32.2. The number of rotatable bonds is 4. The lowest BCUT2D eigenvalue weighted by Crippen LogP contribution is -2.43. The first-order valence-electron chi connectivity index (χ1n) is 6.91. The van der Waals surface area contributed by atoms with Gasteiger partial charge in [0.1, 0.15) is 11.6 Å². The molecule has 22 heavy (non-hydrogen) atoms. The quantitative estimate of drug-likeness (QED) is 0.873. The van der Waals surface area contributed by atoms with Crippen LogP contribution in [0.2, 0.25) is 0 Å². The number of methoxy groups -OCH3 is 1. The summed E-state index contributed by atoms with van der Waals surface area (Å²) in [5.74, 6) is 0.0907. The molecule has 8 heteroatoms. The molecule has 2 unspecified atom stereocenters. The van der Waals surface area contributed by atoms with E-state index < -0.39 is 27.7 Å². The molecule has 6 nitrogen and oxygen atoms in total. The van der Waals surface area contributed by atoms with Crippen LogP contribution >= 0.6 is 0 Å². The van der Waals surface area contributed by atoms with Gasteiger partial charge in [-0.3, -0.25) is 0 Å². The molecule has 2 rings (SSSR count). The highest BCUT2D eigenvalue weighted by Crippen LogP contribution is 2.25. The summed E-state index contributed by atoms with van der Waals surface area (Å²) in [4.78, 5) is 11.9. The minimum Gasteiger partial charge on any atom is -0.496 e. The van der Waals surface area contributed by atoms with E-state index in [-0.39, 0.29) is 17.5 Å². The Morgan fingerprint density at radius 3 is 2.77 bits per heavy atom. The van der Waals surface area contributed by atoms with Crippen molar-refractivity contribution < 1.29 is 22.3 Å². The summed E-state index contributed by atoms with van der Waals surface area (Å²) >= 11 is 0. The van der Waals surface area contributed by atoms with Crippen LogP contribution in [0, 0.1) is 5.82 Å². The molecule has 1 aliphatic heterocycles. The van der Waals surface area contributed by atoms with Gasteiger partial charge in [-0.25, -0.2) is 17.6 Å². The molecule has 122 valence electrons. The van der Waals surface area contributed by atoms with Crippen molar-refractivity contribution in [3.8, 4) is 5.75 Å². The number of amides is 2. The Kier molecular flexibility index (Phi) is 4.90. The Morgan fingerprint density at radius 2 is 2.18 bits per heavy atom. The van der Waals surface area contributed by atoms with Crippen LogP contribution in [-0.2, 0) is 9.84 Å². The summed E-state index contributed by atoms with van der Waals surface area (Å²) in [6.45, 7) is 1.70. The normalized spacial score (nSPS) is 21.1. The van der Waals surface area contributed by atoms with E-state index in [1.807, 2.05) is 0 Å². The molecule has 1 aromatic rings. The van der Waals surface area contributed by atoms with Gasteiger partial charge in [0.25, 0.3) is 0 Å². The Labute approximate surface area is 129 Å². The maximum Gasteiger partial charge on any atom is 0.315 e. The van der Waals surface area contributed by atoms with Crippen LogP contribution in [0.1, 0.15) is 24.9 Å². The van der Waals surface area contributed by atoms with E-state index in [0.29, 0.717) is 17.7 Å².